The van der Waals surface area contributed by atoms with E-state index in [4.69, 9.17) is 4.74 Å². The minimum atomic E-state index is -3.40. The van der Waals surface area contributed by atoms with Crippen LogP contribution < -0.4 is 0 Å². The minimum absolute atomic E-state index is 0.00800. The van der Waals surface area contributed by atoms with Crippen molar-refractivity contribution in [2.45, 2.75) is 24.2 Å². The third-order valence-electron chi connectivity index (χ3n) is 4.62. The zero-order chi connectivity index (χ0) is 21.7. The molecule has 0 fully saturated rings. The predicted octanol–water partition coefficient (Wildman–Crippen LogP) is 3.23. The topological polar surface area (TPSA) is 97.8 Å². The lowest BCUT2D eigenvalue weighted by atomic mass is 10.1. The van der Waals surface area contributed by atoms with Crippen LogP contribution in [0.2, 0.25) is 0 Å². The highest BCUT2D eigenvalue weighted by Gasteiger charge is 2.35. The fourth-order valence-corrected chi connectivity index (χ4v) is 4.77. The number of fused-ring (bicyclic) bond motifs is 1. The Morgan fingerprint density at radius 3 is 2.40 bits per heavy atom. The molecule has 0 spiro atoms. The van der Waals surface area contributed by atoms with Crippen molar-refractivity contribution in [1.29, 1.82) is 0 Å². The standard InChI is InChI=1S/C21H20BrNO6S/c22-15-9-10-17-18(14-15)21(26)23(20(17)25)11-4-8-19(24)29-12-5-13-30(27,28)16-6-2-1-3-7-16/h1-3,6-7,9-10,14H,4-5,8,11-13H2. The summed E-state index contributed by atoms with van der Waals surface area (Å²) in [5, 5.41) is 0. The largest absolute Gasteiger partial charge is 0.466 e. The van der Waals surface area contributed by atoms with Crippen molar-refractivity contribution in [3.8, 4) is 0 Å². The quantitative estimate of drug-likeness (QED) is 0.302. The Bertz CT molecular complexity index is 1070. The van der Waals surface area contributed by atoms with Gasteiger partial charge in [-0.25, -0.2) is 8.42 Å². The van der Waals surface area contributed by atoms with Crippen LogP contribution in [0.4, 0.5) is 0 Å². The summed E-state index contributed by atoms with van der Waals surface area (Å²) in [6.07, 6.45) is 0.493. The number of imide groups is 1. The molecule has 0 radical (unpaired) electrons. The highest BCUT2D eigenvalue weighted by molar-refractivity contribution is 9.10. The van der Waals surface area contributed by atoms with Gasteiger partial charge >= 0.3 is 5.97 Å². The summed E-state index contributed by atoms with van der Waals surface area (Å²) in [7, 11) is -3.40. The van der Waals surface area contributed by atoms with Gasteiger partial charge in [-0.1, -0.05) is 34.1 Å². The number of hydrogen-bond donors (Lipinski definition) is 0. The summed E-state index contributed by atoms with van der Waals surface area (Å²) < 4.78 is 30.1. The van der Waals surface area contributed by atoms with Gasteiger partial charge in [0.05, 0.1) is 28.4 Å². The van der Waals surface area contributed by atoms with Crippen molar-refractivity contribution in [2.24, 2.45) is 0 Å². The average Bonchev–Trinajstić information content (AvgIpc) is 2.96. The van der Waals surface area contributed by atoms with Crippen molar-refractivity contribution >= 4 is 43.6 Å². The molecule has 0 aliphatic carbocycles. The van der Waals surface area contributed by atoms with E-state index >= 15 is 0 Å². The van der Waals surface area contributed by atoms with Crippen LogP contribution in [0.3, 0.4) is 0 Å². The second-order valence-electron chi connectivity index (χ2n) is 6.76. The molecule has 30 heavy (non-hydrogen) atoms. The molecule has 2 amide bonds. The number of sulfone groups is 1. The number of carbonyl (C=O) groups excluding carboxylic acids is 3. The smallest absolute Gasteiger partial charge is 0.305 e. The Hall–Kier alpha value is -2.52. The molecule has 0 unspecified atom stereocenters. The molecule has 0 saturated carbocycles. The number of hydrogen-bond acceptors (Lipinski definition) is 6. The molecule has 2 aromatic carbocycles. The van der Waals surface area contributed by atoms with E-state index in [1.54, 1.807) is 36.4 Å². The van der Waals surface area contributed by atoms with Crippen molar-refractivity contribution in [3.05, 3.63) is 64.1 Å². The van der Waals surface area contributed by atoms with Crippen molar-refractivity contribution in [2.75, 3.05) is 18.9 Å². The van der Waals surface area contributed by atoms with Gasteiger partial charge in [0.25, 0.3) is 11.8 Å². The zero-order valence-corrected chi connectivity index (χ0v) is 18.4. The number of benzene rings is 2. The van der Waals surface area contributed by atoms with E-state index in [1.165, 1.54) is 12.1 Å². The van der Waals surface area contributed by atoms with Gasteiger partial charge in [-0.15, -0.1) is 0 Å². The molecule has 1 aliphatic rings. The number of ether oxygens (including phenoxy) is 1. The Morgan fingerprint density at radius 2 is 1.67 bits per heavy atom. The van der Waals surface area contributed by atoms with Crippen LogP contribution in [-0.4, -0.2) is 50.0 Å². The third-order valence-corrected chi connectivity index (χ3v) is 6.93. The SMILES string of the molecule is O=C(CCCN1C(=O)c2ccc(Br)cc2C1=O)OCCCS(=O)(=O)c1ccccc1. The molecule has 1 aliphatic heterocycles. The summed E-state index contributed by atoms with van der Waals surface area (Å²) in [4.78, 5) is 37.9. The molecule has 0 aromatic heterocycles. The van der Waals surface area contributed by atoms with E-state index in [0.717, 1.165) is 4.90 Å². The molecule has 3 rings (SSSR count). The molecule has 7 nitrogen and oxygen atoms in total. The fourth-order valence-electron chi connectivity index (χ4n) is 3.10. The molecule has 0 saturated heterocycles. The highest BCUT2D eigenvalue weighted by Crippen LogP contribution is 2.26. The maximum absolute atomic E-state index is 12.4. The van der Waals surface area contributed by atoms with Gasteiger partial charge in [0.2, 0.25) is 0 Å². The van der Waals surface area contributed by atoms with Gasteiger partial charge in [-0.2, -0.15) is 0 Å². The number of amides is 2. The first-order valence-corrected chi connectivity index (χ1v) is 11.8. The average molecular weight is 494 g/mol. The highest BCUT2D eigenvalue weighted by atomic mass is 79.9. The van der Waals surface area contributed by atoms with E-state index in [9.17, 15) is 22.8 Å². The molecule has 0 bridgehead atoms. The van der Waals surface area contributed by atoms with Gasteiger partial charge in [0.15, 0.2) is 9.84 Å². The van der Waals surface area contributed by atoms with E-state index in [2.05, 4.69) is 15.9 Å². The van der Waals surface area contributed by atoms with E-state index in [0.29, 0.717) is 15.6 Å². The zero-order valence-electron chi connectivity index (χ0n) is 16.0. The van der Waals surface area contributed by atoms with Crippen molar-refractivity contribution in [3.63, 3.8) is 0 Å². The van der Waals surface area contributed by atoms with Gasteiger partial charge < -0.3 is 4.74 Å². The summed E-state index contributed by atoms with van der Waals surface area (Å²) in [5.41, 5.74) is 0.696. The van der Waals surface area contributed by atoms with E-state index < -0.39 is 15.8 Å². The first kappa shape index (κ1) is 22.2. The van der Waals surface area contributed by atoms with E-state index in [1.807, 2.05) is 0 Å². The summed E-state index contributed by atoms with van der Waals surface area (Å²) in [5.74, 6) is -1.36. The lowest BCUT2D eigenvalue weighted by molar-refractivity contribution is -0.143. The van der Waals surface area contributed by atoms with Gasteiger partial charge in [0.1, 0.15) is 0 Å². The van der Waals surface area contributed by atoms with Crippen LogP contribution in [0.25, 0.3) is 0 Å². The monoisotopic (exact) mass is 493 g/mol. The molecule has 2 aromatic rings. The first-order valence-electron chi connectivity index (χ1n) is 9.39. The summed E-state index contributed by atoms with van der Waals surface area (Å²) in [6, 6.07) is 13.0. The van der Waals surface area contributed by atoms with E-state index in [-0.39, 0.29) is 54.9 Å². The van der Waals surface area contributed by atoms with Gasteiger partial charge in [-0.3, -0.25) is 19.3 Å². The molecule has 158 valence electrons. The van der Waals surface area contributed by atoms with Gasteiger partial charge in [0, 0.05) is 17.4 Å². The Balaban J connectivity index is 1.39. The Morgan fingerprint density at radius 1 is 0.967 bits per heavy atom. The maximum Gasteiger partial charge on any atom is 0.305 e. The van der Waals surface area contributed by atoms with Crippen molar-refractivity contribution < 1.29 is 27.5 Å². The predicted molar refractivity (Wildman–Crippen MR) is 113 cm³/mol. The van der Waals surface area contributed by atoms with Crippen LogP contribution in [0.15, 0.2) is 57.9 Å². The maximum atomic E-state index is 12.4. The number of rotatable bonds is 9. The van der Waals surface area contributed by atoms with Crippen LogP contribution in [0, 0.1) is 0 Å². The lowest BCUT2D eigenvalue weighted by Gasteiger charge is -2.13. The molecule has 0 N–H and O–H groups in total. The Kier molecular flexibility index (Phi) is 7.04. The molecular formula is C21H20BrNO6S. The second-order valence-corrected chi connectivity index (χ2v) is 9.79. The van der Waals surface area contributed by atoms with Crippen LogP contribution in [0.5, 0.6) is 0 Å². The molecule has 1 heterocycles. The minimum Gasteiger partial charge on any atom is -0.466 e. The van der Waals surface area contributed by atoms with Crippen LogP contribution >= 0.6 is 15.9 Å². The number of carbonyl (C=O) groups is 3. The van der Waals surface area contributed by atoms with Crippen LogP contribution in [0.1, 0.15) is 40.0 Å². The number of halogens is 1. The molecule has 9 heteroatoms. The van der Waals surface area contributed by atoms with Crippen LogP contribution in [-0.2, 0) is 19.4 Å². The first-order chi connectivity index (χ1) is 14.3. The fraction of sp³-hybridized carbons (Fsp3) is 0.286. The second kappa shape index (κ2) is 9.53. The molecular weight excluding hydrogens is 474 g/mol. The van der Waals surface area contributed by atoms with Gasteiger partial charge in [-0.05, 0) is 43.2 Å². The number of nitrogens with zero attached hydrogens (tertiary/aromatic N) is 1. The third kappa shape index (κ3) is 5.14. The summed E-state index contributed by atoms with van der Waals surface area (Å²) >= 11 is 3.28. The van der Waals surface area contributed by atoms with Crippen molar-refractivity contribution in [1.82, 2.24) is 4.90 Å². The lowest BCUT2D eigenvalue weighted by Crippen LogP contribution is -2.31. The summed E-state index contributed by atoms with van der Waals surface area (Å²) in [6.45, 7) is 0.105. The number of esters is 1. The molecule has 0 atom stereocenters. The Labute approximate surface area is 183 Å². The normalized spacial score (nSPS) is 13.4.